The number of hydrogen-bond acceptors (Lipinski definition) is 4. The molecule has 1 heterocycles. The maximum Gasteiger partial charge on any atom is 0.251 e. The van der Waals surface area contributed by atoms with E-state index in [1.807, 2.05) is 0 Å². The molecule has 0 radical (unpaired) electrons. The molecule has 1 aromatic carbocycles. The van der Waals surface area contributed by atoms with Crippen LogP contribution < -0.4 is 10.6 Å². The van der Waals surface area contributed by atoms with Crippen LogP contribution in [0.25, 0.3) is 0 Å². The molecule has 16 heavy (non-hydrogen) atoms. The first-order valence-corrected chi connectivity index (χ1v) is 5.20. The van der Waals surface area contributed by atoms with E-state index >= 15 is 0 Å². The summed E-state index contributed by atoms with van der Waals surface area (Å²) in [5.41, 5.74) is 0.268. The molecule has 1 atom stereocenters. The standard InChI is InChI=1S/C11H14N2O3/c14-9-3-7(4-10(15)5-9)11(16)13-8-1-2-12-6-8/h3-5,8,12,14-15H,1-2,6H2,(H,13,16)/t8-/m0/s1. The van der Waals surface area contributed by atoms with Gasteiger partial charge in [0.1, 0.15) is 11.5 Å². The minimum atomic E-state index is -0.278. The summed E-state index contributed by atoms with van der Waals surface area (Å²) in [6, 6.07) is 3.97. The lowest BCUT2D eigenvalue weighted by Crippen LogP contribution is -2.36. The molecule has 86 valence electrons. The fraction of sp³-hybridized carbons (Fsp3) is 0.364. The van der Waals surface area contributed by atoms with Gasteiger partial charge < -0.3 is 20.8 Å². The van der Waals surface area contributed by atoms with Crippen molar-refractivity contribution in [1.82, 2.24) is 10.6 Å². The van der Waals surface area contributed by atoms with E-state index in [2.05, 4.69) is 10.6 Å². The number of phenols is 2. The summed E-state index contributed by atoms with van der Waals surface area (Å²) in [4.78, 5) is 11.7. The third-order valence-corrected chi connectivity index (χ3v) is 2.56. The second kappa shape index (κ2) is 4.40. The summed E-state index contributed by atoms with van der Waals surface area (Å²) in [5, 5.41) is 24.5. The van der Waals surface area contributed by atoms with E-state index in [0.717, 1.165) is 19.5 Å². The number of carbonyl (C=O) groups excluding carboxylic acids is 1. The number of rotatable bonds is 2. The molecular weight excluding hydrogens is 208 g/mol. The second-order valence-corrected chi connectivity index (χ2v) is 3.90. The van der Waals surface area contributed by atoms with Crippen molar-refractivity contribution < 1.29 is 15.0 Å². The van der Waals surface area contributed by atoms with E-state index in [0.29, 0.717) is 0 Å². The molecule has 0 spiro atoms. The van der Waals surface area contributed by atoms with E-state index in [1.54, 1.807) is 0 Å². The lowest BCUT2D eigenvalue weighted by molar-refractivity contribution is 0.0939. The normalized spacial score (nSPS) is 19.6. The van der Waals surface area contributed by atoms with Crippen molar-refractivity contribution in [3.05, 3.63) is 23.8 Å². The summed E-state index contributed by atoms with van der Waals surface area (Å²) in [6.45, 7) is 1.66. The Morgan fingerprint density at radius 1 is 1.31 bits per heavy atom. The smallest absolute Gasteiger partial charge is 0.251 e. The van der Waals surface area contributed by atoms with Crippen LogP contribution in [0.5, 0.6) is 11.5 Å². The van der Waals surface area contributed by atoms with Crippen LogP contribution in [0.3, 0.4) is 0 Å². The number of aromatic hydroxyl groups is 2. The summed E-state index contributed by atoms with van der Waals surface area (Å²) in [5.74, 6) is -0.510. The van der Waals surface area contributed by atoms with Crippen molar-refractivity contribution in [2.45, 2.75) is 12.5 Å². The minimum Gasteiger partial charge on any atom is -0.508 e. The molecule has 1 fully saturated rings. The van der Waals surface area contributed by atoms with Crippen LogP contribution in [0, 0.1) is 0 Å². The maximum atomic E-state index is 11.7. The van der Waals surface area contributed by atoms with Gasteiger partial charge in [0.2, 0.25) is 0 Å². The SMILES string of the molecule is O=C(N[C@H]1CCNC1)c1cc(O)cc(O)c1. The van der Waals surface area contributed by atoms with E-state index in [1.165, 1.54) is 18.2 Å². The van der Waals surface area contributed by atoms with Crippen molar-refractivity contribution >= 4 is 5.91 Å². The fourth-order valence-corrected chi connectivity index (χ4v) is 1.77. The zero-order valence-corrected chi connectivity index (χ0v) is 8.73. The first-order valence-electron chi connectivity index (χ1n) is 5.20. The Kier molecular flexibility index (Phi) is 2.96. The third-order valence-electron chi connectivity index (χ3n) is 2.56. The first-order chi connectivity index (χ1) is 7.65. The fourth-order valence-electron chi connectivity index (χ4n) is 1.77. The van der Waals surface area contributed by atoms with E-state index in [9.17, 15) is 15.0 Å². The Balaban J connectivity index is 2.07. The zero-order valence-electron chi connectivity index (χ0n) is 8.73. The van der Waals surface area contributed by atoms with Crippen molar-refractivity contribution in [2.24, 2.45) is 0 Å². The number of amides is 1. The number of benzene rings is 1. The van der Waals surface area contributed by atoms with Gasteiger partial charge in [-0.05, 0) is 25.1 Å². The van der Waals surface area contributed by atoms with Crippen molar-refractivity contribution in [2.75, 3.05) is 13.1 Å². The summed E-state index contributed by atoms with van der Waals surface area (Å²) < 4.78 is 0. The summed E-state index contributed by atoms with van der Waals surface area (Å²) >= 11 is 0. The molecular formula is C11H14N2O3. The van der Waals surface area contributed by atoms with E-state index in [-0.39, 0.29) is 29.0 Å². The van der Waals surface area contributed by atoms with Gasteiger partial charge in [-0.25, -0.2) is 0 Å². The van der Waals surface area contributed by atoms with Gasteiger partial charge in [0.25, 0.3) is 5.91 Å². The number of nitrogens with one attached hydrogen (secondary N) is 2. The molecule has 1 aliphatic rings. The molecule has 0 aromatic heterocycles. The summed E-state index contributed by atoms with van der Waals surface area (Å²) in [7, 11) is 0. The van der Waals surface area contributed by atoms with Gasteiger partial charge in [-0.3, -0.25) is 4.79 Å². The molecule has 1 aromatic rings. The van der Waals surface area contributed by atoms with Crippen LogP contribution in [-0.2, 0) is 0 Å². The monoisotopic (exact) mass is 222 g/mol. The Hall–Kier alpha value is -1.75. The van der Waals surface area contributed by atoms with Crippen molar-refractivity contribution in [1.29, 1.82) is 0 Å². The quantitative estimate of drug-likeness (QED) is 0.575. The molecule has 0 bridgehead atoms. The van der Waals surface area contributed by atoms with Gasteiger partial charge in [-0.2, -0.15) is 0 Å². The van der Waals surface area contributed by atoms with Gasteiger partial charge in [0, 0.05) is 24.2 Å². The van der Waals surface area contributed by atoms with Crippen LogP contribution in [-0.4, -0.2) is 35.3 Å². The van der Waals surface area contributed by atoms with Crippen LogP contribution in [0.2, 0.25) is 0 Å². The largest absolute Gasteiger partial charge is 0.508 e. The van der Waals surface area contributed by atoms with Gasteiger partial charge in [-0.15, -0.1) is 0 Å². The molecule has 4 N–H and O–H groups in total. The van der Waals surface area contributed by atoms with Crippen molar-refractivity contribution in [3.8, 4) is 11.5 Å². The predicted octanol–water partition coefficient (Wildman–Crippen LogP) is 0.190. The molecule has 1 saturated heterocycles. The average Bonchev–Trinajstić information content (AvgIpc) is 2.68. The van der Waals surface area contributed by atoms with Gasteiger partial charge in [0.15, 0.2) is 0 Å². The molecule has 1 amide bonds. The van der Waals surface area contributed by atoms with Gasteiger partial charge >= 0.3 is 0 Å². The molecule has 0 saturated carbocycles. The number of hydrogen-bond donors (Lipinski definition) is 4. The lowest BCUT2D eigenvalue weighted by Gasteiger charge is -2.11. The maximum absolute atomic E-state index is 11.7. The molecule has 2 rings (SSSR count). The highest BCUT2D eigenvalue weighted by Gasteiger charge is 2.18. The van der Waals surface area contributed by atoms with E-state index < -0.39 is 0 Å². The topological polar surface area (TPSA) is 81.6 Å². The molecule has 1 aliphatic heterocycles. The van der Waals surface area contributed by atoms with Crippen LogP contribution in [0.1, 0.15) is 16.8 Å². The van der Waals surface area contributed by atoms with Crippen LogP contribution in [0.15, 0.2) is 18.2 Å². The second-order valence-electron chi connectivity index (χ2n) is 3.90. The number of phenolic OH excluding ortho intramolecular Hbond substituents is 2. The molecule has 5 heteroatoms. The lowest BCUT2D eigenvalue weighted by atomic mass is 10.1. The van der Waals surface area contributed by atoms with Gasteiger partial charge in [-0.1, -0.05) is 0 Å². The van der Waals surface area contributed by atoms with Gasteiger partial charge in [0.05, 0.1) is 0 Å². The highest BCUT2D eigenvalue weighted by molar-refractivity contribution is 5.95. The molecule has 5 nitrogen and oxygen atoms in total. The van der Waals surface area contributed by atoms with Crippen molar-refractivity contribution in [3.63, 3.8) is 0 Å². The minimum absolute atomic E-state index is 0.116. The Morgan fingerprint density at radius 3 is 2.56 bits per heavy atom. The third kappa shape index (κ3) is 2.43. The molecule has 0 aliphatic carbocycles. The van der Waals surface area contributed by atoms with E-state index in [4.69, 9.17) is 0 Å². The zero-order chi connectivity index (χ0) is 11.5. The number of carbonyl (C=O) groups is 1. The Bertz CT molecular complexity index is 380. The highest BCUT2D eigenvalue weighted by atomic mass is 16.3. The predicted molar refractivity (Wildman–Crippen MR) is 58.5 cm³/mol. The Labute approximate surface area is 93.1 Å². The Morgan fingerprint density at radius 2 is 2.00 bits per heavy atom. The highest BCUT2D eigenvalue weighted by Crippen LogP contribution is 2.20. The summed E-state index contributed by atoms with van der Waals surface area (Å²) in [6.07, 6.45) is 0.899. The first kappa shape index (κ1) is 10.8. The van der Waals surface area contributed by atoms with Crippen LogP contribution in [0.4, 0.5) is 0 Å². The molecule has 0 unspecified atom stereocenters. The average molecular weight is 222 g/mol. The van der Waals surface area contributed by atoms with Crippen LogP contribution >= 0.6 is 0 Å².